The molecule has 2 heterocycles. The van der Waals surface area contributed by atoms with E-state index in [9.17, 15) is 0 Å². The van der Waals surface area contributed by atoms with Gasteiger partial charge in [0.2, 0.25) is 0 Å². The van der Waals surface area contributed by atoms with Crippen molar-refractivity contribution in [2.45, 2.75) is 38.8 Å². The van der Waals surface area contributed by atoms with Crippen molar-refractivity contribution in [1.82, 2.24) is 19.9 Å². The lowest BCUT2D eigenvalue weighted by molar-refractivity contribution is 0.315. The van der Waals surface area contributed by atoms with Gasteiger partial charge in [-0.1, -0.05) is 72.8 Å². The highest BCUT2D eigenvalue weighted by Crippen LogP contribution is 2.35. The molecule has 0 bridgehead atoms. The Morgan fingerprint density at radius 1 is 0.963 bits per heavy atom. The average Bonchev–Trinajstić information content (AvgIpc) is 3.31. The number of rotatable bonds is 7. The second-order valence-electron chi connectivity index (χ2n) is 7.63. The average molecular weight is 361 g/mol. The van der Waals surface area contributed by atoms with E-state index in [1.807, 2.05) is 4.68 Å². The van der Waals surface area contributed by atoms with Crippen LogP contribution in [0.15, 0.2) is 66.9 Å². The Hall–Kier alpha value is -2.46. The molecule has 1 saturated heterocycles. The van der Waals surface area contributed by atoms with Gasteiger partial charge in [-0.05, 0) is 29.9 Å². The predicted octanol–water partition coefficient (Wildman–Crippen LogP) is 4.15. The first kappa shape index (κ1) is 17.9. The highest BCUT2D eigenvalue weighted by atomic mass is 15.4. The molecule has 0 amide bonds. The minimum atomic E-state index is 0.547. The van der Waals surface area contributed by atoms with Gasteiger partial charge in [-0.2, -0.15) is 0 Å². The molecule has 0 spiro atoms. The molecule has 4 heteroatoms. The number of likely N-dealkylation sites (tertiary alicyclic amines) is 1. The molecule has 1 aromatic heterocycles. The summed E-state index contributed by atoms with van der Waals surface area (Å²) < 4.78 is 1.98. The van der Waals surface area contributed by atoms with Gasteiger partial charge in [-0.3, -0.25) is 9.58 Å². The Morgan fingerprint density at radius 2 is 1.70 bits per heavy atom. The Morgan fingerprint density at radius 3 is 2.44 bits per heavy atom. The Kier molecular flexibility index (Phi) is 5.64. The van der Waals surface area contributed by atoms with Crippen molar-refractivity contribution in [3.8, 4) is 0 Å². The van der Waals surface area contributed by atoms with Crippen LogP contribution in [-0.2, 0) is 19.5 Å². The second kappa shape index (κ2) is 8.49. The van der Waals surface area contributed by atoms with Crippen molar-refractivity contribution in [1.29, 1.82) is 0 Å². The van der Waals surface area contributed by atoms with Gasteiger partial charge in [-0.25, -0.2) is 0 Å². The van der Waals surface area contributed by atoms with Gasteiger partial charge in [0.15, 0.2) is 0 Å². The molecule has 0 radical (unpaired) electrons. The molecule has 2 aromatic carbocycles. The minimum absolute atomic E-state index is 0.547. The summed E-state index contributed by atoms with van der Waals surface area (Å²) in [5.74, 6) is 1.12. The van der Waals surface area contributed by atoms with E-state index in [1.54, 1.807) is 0 Å². The Labute approximate surface area is 161 Å². The molecule has 140 valence electrons. The maximum absolute atomic E-state index is 4.43. The summed E-state index contributed by atoms with van der Waals surface area (Å²) in [6.45, 7) is 6.34. The third-order valence-electron chi connectivity index (χ3n) is 5.50. The summed E-state index contributed by atoms with van der Waals surface area (Å²) in [6, 6.07) is 21.8. The largest absolute Gasteiger partial charge is 0.298 e. The monoisotopic (exact) mass is 360 g/mol. The fourth-order valence-electron chi connectivity index (χ4n) is 4.26. The number of hydrogen-bond acceptors (Lipinski definition) is 3. The molecule has 3 aromatic rings. The normalized spacial score (nSPS) is 20.2. The van der Waals surface area contributed by atoms with Crippen LogP contribution < -0.4 is 0 Å². The summed E-state index contributed by atoms with van der Waals surface area (Å²) in [7, 11) is 0. The van der Waals surface area contributed by atoms with Gasteiger partial charge in [0, 0.05) is 38.3 Å². The third kappa shape index (κ3) is 4.45. The van der Waals surface area contributed by atoms with Gasteiger partial charge in [-0.15, -0.1) is 5.10 Å². The molecular formula is C23H28N4. The molecule has 0 saturated carbocycles. The Bertz CT molecular complexity index is 828. The van der Waals surface area contributed by atoms with Crippen LogP contribution in [0.2, 0.25) is 0 Å². The maximum Gasteiger partial charge on any atom is 0.0830 e. The van der Waals surface area contributed by atoms with Crippen molar-refractivity contribution >= 4 is 0 Å². The molecule has 27 heavy (non-hydrogen) atoms. The van der Waals surface area contributed by atoms with Gasteiger partial charge in [0.05, 0.1) is 5.69 Å². The van der Waals surface area contributed by atoms with E-state index in [1.165, 1.54) is 11.1 Å². The SMILES string of the molecule is CCCn1cc(C[C@@H]2CN(Cc3ccccc3)C[C@H]2c2ccccc2)nn1. The quantitative estimate of drug-likeness (QED) is 0.635. The van der Waals surface area contributed by atoms with Crippen LogP contribution in [0.3, 0.4) is 0 Å². The lowest BCUT2D eigenvalue weighted by Gasteiger charge is -2.17. The summed E-state index contributed by atoms with van der Waals surface area (Å²) in [4.78, 5) is 2.59. The van der Waals surface area contributed by atoms with Crippen LogP contribution in [0.25, 0.3) is 0 Å². The van der Waals surface area contributed by atoms with Gasteiger partial charge < -0.3 is 0 Å². The van der Waals surface area contributed by atoms with Crippen molar-refractivity contribution in [3.05, 3.63) is 83.7 Å². The Balaban J connectivity index is 1.50. The fourth-order valence-corrected chi connectivity index (χ4v) is 4.26. The lowest BCUT2D eigenvalue weighted by Crippen LogP contribution is -2.20. The number of hydrogen-bond donors (Lipinski definition) is 0. The van der Waals surface area contributed by atoms with Crippen LogP contribution in [0.1, 0.15) is 36.1 Å². The number of aromatic nitrogens is 3. The lowest BCUT2D eigenvalue weighted by atomic mass is 9.86. The smallest absolute Gasteiger partial charge is 0.0830 e. The standard InChI is InChI=1S/C23H28N4/c1-2-13-27-17-22(24-25-27)14-21-16-26(15-19-9-5-3-6-10-19)18-23(21)20-11-7-4-8-12-20/h3-12,17,21,23H,2,13-16,18H2,1H3/t21-,23+/m1/s1. The highest BCUT2D eigenvalue weighted by Gasteiger charge is 2.34. The molecule has 4 rings (SSSR count). The zero-order valence-corrected chi connectivity index (χ0v) is 16.0. The molecule has 1 aliphatic heterocycles. The van der Waals surface area contributed by atoms with Crippen LogP contribution in [0, 0.1) is 5.92 Å². The van der Waals surface area contributed by atoms with Crippen LogP contribution in [0.4, 0.5) is 0 Å². The van der Waals surface area contributed by atoms with Crippen molar-refractivity contribution in [3.63, 3.8) is 0 Å². The van der Waals surface area contributed by atoms with Crippen molar-refractivity contribution in [2.75, 3.05) is 13.1 Å². The molecule has 0 N–H and O–H groups in total. The van der Waals surface area contributed by atoms with E-state index in [4.69, 9.17) is 0 Å². The molecule has 1 aliphatic rings. The molecule has 2 atom stereocenters. The zero-order valence-electron chi connectivity index (χ0n) is 16.0. The van der Waals surface area contributed by atoms with Crippen molar-refractivity contribution in [2.24, 2.45) is 5.92 Å². The van der Waals surface area contributed by atoms with E-state index in [-0.39, 0.29) is 0 Å². The summed E-state index contributed by atoms with van der Waals surface area (Å²) in [5, 5.41) is 8.72. The fraction of sp³-hybridized carbons (Fsp3) is 0.391. The predicted molar refractivity (Wildman–Crippen MR) is 108 cm³/mol. The second-order valence-corrected chi connectivity index (χ2v) is 7.63. The molecular weight excluding hydrogens is 332 g/mol. The summed E-state index contributed by atoms with van der Waals surface area (Å²) in [6.07, 6.45) is 4.21. The van der Waals surface area contributed by atoms with Crippen LogP contribution >= 0.6 is 0 Å². The van der Waals surface area contributed by atoms with Crippen LogP contribution in [-0.4, -0.2) is 33.0 Å². The van der Waals surface area contributed by atoms with E-state index < -0.39 is 0 Å². The topological polar surface area (TPSA) is 34.0 Å². The first-order valence-electron chi connectivity index (χ1n) is 10.0. The first-order chi connectivity index (χ1) is 13.3. The maximum atomic E-state index is 4.43. The van der Waals surface area contributed by atoms with E-state index in [0.29, 0.717) is 11.8 Å². The summed E-state index contributed by atoms with van der Waals surface area (Å²) in [5.41, 5.74) is 3.95. The molecule has 4 nitrogen and oxygen atoms in total. The highest BCUT2D eigenvalue weighted by molar-refractivity contribution is 5.24. The van der Waals surface area contributed by atoms with Gasteiger partial charge in [0.25, 0.3) is 0 Å². The number of aryl methyl sites for hydroxylation is 1. The third-order valence-corrected chi connectivity index (χ3v) is 5.50. The summed E-state index contributed by atoms with van der Waals surface area (Å²) >= 11 is 0. The molecule has 0 unspecified atom stereocenters. The minimum Gasteiger partial charge on any atom is -0.298 e. The van der Waals surface area contributed by atoms with E-state index >= 15 is 0 Å². The number of nitrogens with zero attached hydrogens (tertiary/aromatic N) is 4. The van der Waals surface area contributed by atoms with E-state index in [0.717, 1.165) is 44.7 Å². The van der Waals surface area contributed by atoms with Gasteiger partial charge in [0.1, 0.15) is 0 Å². The molecule has 0 aliphatic carbocycles. The van der Waals surface area contributed by atoms with Gasteiger partial charge >= 0.3 is 0 Å². The molecule has 1 fully saturated rings. The van der Waals surface area contributed by atoms with Crippen LogP contribution in [0.5, 0.6) is 0 Å². The first-order valence-corrected chi connectivity index (χ1v) is 10.0. The van der Waals surface area contributed by atoms with E-state index in [2.05, 4.69) is 89.0 Å². The zero-order chi connectivity index (χ0) is 18.5. The number of benzene rings is 2. The van der Waals surface area contributed by atoms with Crippen molar-refractivity contribution < 1.29 is 0 Å².